The van der Waals surface area contributed by atoms with Crippen molar-refractivity contribution in [3.05, 3.63) is 38.7 Å². The van der Waals surface area contributed by atoms with Gasteiger partial charge in [0.1, 0.15) is 12.3 Å². The molecule has 2 bridgehead atoms. The first-order chi connectivity index (χ1) is 21.1. The van der Waals surface area contributed by atoms with Crippen LogP contribution in [0.2, 0.25) is 30.7 Å². The van der Waals surface area contributed by atoms with Crippen LogP contribution < -0.4 is 15.8 Å². The summed E-state index contributed by atoms with van der Waals surface area (Å²) in [6, 6.07) is 5.02. The molecule has 3 aromatic heterocycles. The maximum absolute atomic E-state index is 14.3. The number of hydrogen-bond donors (Lipinski definition) is 1. The van der Waals surface area contributed by atoms with E-state index in [4.69, 9.17) is 26.1 Å². The fourth-order valence-corrected chi connectivity index (χ4v) is 8.56. The van der Waals surface area contributed by atoms with Gasteiger partial charge in [-0.25, -0.2) is 9.78 Å². The molecule has 1 amide bonds. The van der Waals surface area contributed by atoms with Crippen molar-refractivity contribution in [2.24, 2.45) is 7.05 Å². The molecule has 2 aliphatic rings. The number of nitrogens with zero attached hydrogens (tertiary/aromatic N) is 5. The Hall–Kier alpha value is -2.93. The van der Waals surface area contributed by atoms with Crippen LogP contribution in [-0.4, -0.2) is 63.6 Å². The number of rotatable bonds is 8. The average Bonchev–Trinajstić information content (AvgIpc) is 3.68. The van der Waals surface area contributed by atoms with Crippen LogP contribution >= 0.6 is 22.9 Å². The van der Waals surface area contributed by atoms with Crippen LogP contribution in [-0.2, 0) is 23.3 Å². The largest absolute Gasteiger partial charge is 0.444 e. The minimum Gasteiger partial charge on any atom is -0.444 e. The van der Waals surface area contributed by atoms with E-state index >= 15 is 0 Å². The molecule has 45 heavy (non-hydrogen) atoms. The van der Waals surface area contributed by atoms with Crippen molar-refractivity contribution in [3.63, 3.8) is 0 Å². The molecular weight excluding hydrogens is 628 g/mol. The number of alkyl carbamates (subject to hydrolysis) is 1. The Bertz CT molecular complexity index is 1840. The zero-order chi connectivity index (χ0) is 32.4. The van der Waals surface area contributed by atoms with E-state index in [1.54, 1.807) is 23.0 Å². The molecule has 1 aromatic carbocycles. The second-order valence-electron chi connectivity index (χ2n) is 14.5. The molecule has 2 saturated heterocycles. The Morgan fingerprint density at radius 2 is 1.93 bits per heavy atom. The number of fused-ring (bicyclic) bond motifs is 4. The van der Waals surface area contributed by atoms with E-state index in [1.807, 2.05) is 50.6 Å². The lowest BCUT2D eigenvalue weighted by atomic mass is 9.96. The molecule has 13 heteroatoms. The van der Waals surface area contributed by atoms with Gasteiger partial charge >= 0.3 is 6.09 Å². The van der Waals surface area contributed by atoms with Crippen LogP contribution in [0.25, 0.3) is 32.4 Å². The van der Waals surface area contributed by atoms with Gasteiger partial charge < -0.3 is 24.3 Å². The Kier molecular flexibility index (Phi) is 8.33. The summed E-state index contributed by atoms with van der Waals surface area (Å²) < 4.78 is 16.2. The molecule has 2 aliphatic heterocycles. The maximum Gasteiger partial charge on any atom is 0.407 e. The van der Waals surface area contributed by atoms with Gasteiger partial charge in [0.25, 0.3) is 5.56 Å². The molecule has 0 saturated carbocycles. The Labute approximate surface area is 273 Å². The van der Waals surface area contributed by atoms with Gasteiger partial charge in [-0.05, 0) is 59.1 Å². The van der Waals surface area contributed by atoms with Gasteiger partial charge in [0, 0.05) is 45.1 Å². The number of halogens is 1. The third-order valence-electron chi connectivity index (χ3n) is 8.67. The highest BCUT2D eigenvalue weighted by Gasteiger charge is 2.49. The van der Waals surface area contributed by atoms with Crippen LogP contribution in [0.5, 0.6) is 0 Å². The molecule has 5 heterocycles. The number of anilines is 1. The van der Waals surface area contributed by atoms with Crippen LogP contribution in [0.4, 0.5) is 10.7 Å². The minimum atomic E-state index is -1.28. The number of aromatic nitrogens is 4. The number of nitrogens with one attached hydrogen (secondary N) is 1. The van der Waals surface area contributed by atoms with E-state index in [0.717, 1.165) is 51.7 Å². The van der Waals surface area contributed by atoms with Crippen LogP contribution in [0.1, 0.15) is 45.0 Å². The van der Waals surface area contributed by atoms with Gasteiger partial charge in [0.2, 0.25) is 5.95 Å². The highest BCUT2D eigenvalue weighted by molar-refractivity contribution is 7.19. The molecule has 2 fully saturated rings. The summed E-state index contributed by atoms with van der Waals surface area (Å²) >= 11 is 8.54. The van der Waals surface area contributed by atoms with Gasteiger partial charge in [-0.2, -0.15) is 4.98 Å². The molecular formula is C32H43ClN6O4SSi. The van der Waals surface area contributed by atoms with Crippen molar-refractivity contribution in [3.8, 4) is 11.1 Å². The second kappa shape index (κ2) is 11.7. The fourth-order valence-electron chi connectivity index (χ4n) is 6.57. The van der Waals surface area contributed by atoms with Crippen molar-refractivity contribution in [2.45, 2.75) is 103 Å². The third-order valence-corrected chi connectivity index (χ3v) is 11.9. The van der Waals surface area contributed by atoms with E-state index in [0.29, 0.717) is 28.6 Å². The number of benzene rings is 1. The highest BCUT2D eigenvalue weighted by Crippen LogP contribution is 2.43. The second-order valence-corrected chi connectivity index (χ2v) is 21.7. The predicted octanol–water partition coefficient (Wildman–Crippen LogP) is 6.92. The highest BCUT2D eigenvalue weighted by atomic mass is 35.5. The van der Waals surface area contributed by atoms with Crippen molar-refractivity contribution < 1.29 is 14.3 Å². The maximum atomic E-state index is 14.3. The zero-order valence-electron chi connectivity index (χ0n) is 27.4. The summed E-state index contributed by atoms with van der Waals surface area (Å²) in [5.74, 6) is 0.598. The Morgan fingerprint density at radius 1 is 1.18 bits per heavy atom. The third kappa shape index (κ3) is 6.26. The van der Waals surface area contributed by atoms with E-state index in [1.165, 1.54) is 0 Å². The molecule has 10 nitrogen and oxygen atoms in total. The molecule has 0 aliphatic carbocycles. The summed E-state index contributed by atoms with van der Waals surface area (Å²) in [4.78, 5) is 39.0. The molecule has 3 atom stereocenters. The number of ether oxygens (including phenoxy) is 2. The summed E-state index contributed by atoms with van der Waals surface area (Å²) in [7, 11) is 0.496. The van der Waals surface area contributed by atoms with E-state index < -0.39 is 19.8 Å². The van der Waals surface area contributed by atoms with Crippen molar-refractivity contribution in [1.29, 1.82) is 0 Å². The molecule has 4 aromatic rings. The Morgan fingerprint density at radius 3 is 2.64 bits per heavy atom. The standard InChI is InChI=1S/C32H43ClN6O4SSi/c1-18-34-22-11-10-20(26(33)27(22)44-18)21-16-38(17-42-13-14-45(6,7)8)28-25(21)29(40)37(5)30(36-28)39-19-9-12-24(39)23(15-19)35-31(41)43-32(2,3)4/h10-11,16,19,23-24H,9,12-15,17H2,1-8H3,(H,35,41)/t19-,23+,24+/m0/s1. The quantitative estimate of drug-likeness (QED) is 0.160. The molecule has 0 spiro atoms. The number of amides is 1. The molecule has 0 unspecified atom stereocenters. The molecule has 1 N–H and O–H groups in total. The number of aryl methyl sites for hydroxylation is 1. The lowest BCUT2D eigenvalue weighted by Crippen LogP contribution is -2.46. The van der Waals surface area contributed by atoms with Crippen LogP contribution in [0.15, 0.2) is 23.1 Å². The smallest absolute Gasteiger partial charge is 0.407 e. The lowest BCUT2D eigenvalue weighted by Gasteiger charge is -2.28. The van der Waals surface area contributed by atoms with Crippen molar-refractivity contribution >= 4 is 64.3 Å². The normalized spacial score (nSPS) is 20.1. The summed E-state index contributed by atoms with van der Waals surface area (Å²) in [5.41, 5.74) is 2.18. The zero-order valence-corrected chi connectivity index (χ0v) is 29.9. The van der Waals surface area contributed by atoms with Gasteiger partial charge in [0.05, 0.1) is 37.7 Å². The Balaban J connectivity index is 1.41. The van der Waals surface area contributed by atoms with Crippen LogP contribution in [0.3, 0.4) is 0 Å². The summed E-state index contributed by atoms with van der Waals surface area (Å²) in [6.45, 7) is 15.4. The predicted molar refractivity (Wildman–Crippen MR) is 185 cm³/mol. The average molecular weight is 671 g/mol. The van der Waals surface area contributed by atoms with Crippen molar-refractivity contribution in [2.75, 3.05) is 11.5 Å². The van der Waals surface area contributed by atoms with Gasteiger partial charge in [-0.3, -0.25) is 9.36 Å². The molecule has 6 rings (SSSR count). The number of hydrogen-bond acceptors (Lipinski definition) is 8. The first-order valence-electron chi connectivity index (χ1n) is 15.6. The number of carbonyl (C=O) groups is 1. The van der Waals surface area contributed by atoms with Gasteiger partial charge in [0.15, 0.2) is 5.65 Å². The fraction of sp³-hybridized carbons (Fsp3) is 0.562. The first kappa shape index (κ1) is 32.0. The topological polar surface area (TPSA) is 104 Å². The minimum absolute atomic E-state index is 0.0142. The van der Waals surface area contributed by atoms with Gasteiger partial charge in [-0.15, -0.1) is 11.3 Å². The van der Waals surface area contributed by atoms with Gasteiger partial charge in [-0.1, -0.05) is 37.3 Å². The van der Waals surface area contributed by atoms with Crippen LogP contribution in [0, 0.1) is 6.92 Å². The number of carbonyl (C=O) groups excluding carboxylic acids is 1. The molecule has 242 valence electrons. The van der Waals surface area contributed by atoms with Crippen molar-refractivity contribution in [1.82, 2.24) is 24.4 Å². The molecule has 0 radical (unpaired) electrons. The summed E-state index contributed by atoms with van der Waals surface area (Å²) in [5, 5.41) is 5.11. The monoisotopic (exact) mass is 670 g/mol. The first-order valence-corrected chi connectivity index (χ1v) is 20.5. The van der Waals surface area contributed by atoms with E-state index in [2.05, 4.69) is 34.8 Å². The lowest BCUT2D eigenvalue weighted by molar-refractivity contribution is 0.0497. The summed E-state index contributed by atoms with van der Waals surface area (Å²) in [6.07, 6.45) is 4.17. The van der Waals surface area contributed by atoms with E-state index in [9.17, 15) is 9.59 Å². The van der Waals surface area contributed by atoms with E-state index in [-0.39, 0.29) is 30.4 Å². The SMILES string of the molecule is Cc1nc2ccc(-c3cn(COCC[Si](C)(C)C)c4nc(N5[C@H]6CC[C@@H]5[C@H](NC(=O)OC(C)(C)C)C6)n(C)c(=O)c34)c(Cl)c2s1. The number of thiazole rings is 1.